The van der Waals surface area contributed by atoms with Gasteiger partial charge in [-0.3, -0.25) is 9.59 Å². The number of benzene rings is 1. The summed E-state index contributed by atoms with van der Waals surface area (Å²) in [7, 11) is 0. The van der Waals surface area contributed by atoms with Crippen LogP contribution in [0.1, 0.15) is 39.0 Å². The first-order valence-corrected chi connectivity index (χ1v) is 10.2. The lowest BCUT2D eigenvalue weighted by Gasteiger charge is -2.16. The largest absolute Gasteiger partial charge is 0.391 e. The molecule has 10 heteroatoms. The fourth-order valence-corrected chi connectivity index (χ4v) is 3.88. The molecule has 0 aliphatic rings. The number of hydrogen-bond acceptors (Lipinski definition) is 5. The molecule has 3 aromatic rings. The molecule has 3 rings (SSSR count). The van der Waals surface area contributed by atoms with E-state index in [-0.39, 0.29) is 29.8 Å². The zero-order chi connectivity index (χ0) is 21.8. The molecule has 0 aliphatic heterocycles. The van der Waals surface area contributed by atoms with Crippen molar-refractivity contribution in [3.8, 4) is 11.3 Å². The highest BCUT2D eigenvalue weighted by Gasteiger charge is 2.22. The van der Waals surface area contributed by atoms with Crippen LogP contribution in [0.5, 0.6) is 0 Å². The summed E-state index contributed by atoms with van der Waals surface area (Å²) in [5.41, 5.74) is 2.05. The quantitative estimate of drug-likeness (QED) is 0.442. The number of nitrogens with zero attached hydrogens (tertiary/aromatic N) is 1. The van der Waals surface area contributed by atoms with Crippen LogP contribution >= 0.6 is 22.9 Å². The van der Waals surface area contributed by atoms with Gasteiger partial charge < -0.3 is 20.7 Å². The third-order valence-electron chi connectivity index (χ3n) is 4.37. The van der Waals surface area contributed by atoms with Crippen LogP contribution in [-0.2, 0) is 11.4 Å². The van der Waals surface area contributed by atoms with Gasteiger partial charge in [0.2, 0.25) is 5.91 Å². The van der Waals surface area contributed by atoms with Crippen LogP contribution in [0.25, 0.3) is 11.3 Å². The number of aliphatic hydroxyl groups is 1. The predicted molar refractivity (Wildman–Crippen MR) is 113 cm³/mol. The van der Waals surface area contributed by atoms with Crippen LogP contribution in [0.4, 0.5) is 4.39 Å². The first-order chi connectivity index (χ1) is 14.3. The van der Waals surface area contributed by atoms with Gasteiger partial charge in [-0.05, 0) is 31.2 Å². The number of aliphatic hydroxyl groups excluding tert-OH is 1. The molecule has 0 saturated carbocycles. The molecular formula is C20H20ClFN4O3S. The Bertz CT molecular complexity index is 1080. The zero-order valence-corrected chi connectivity index (χ0v) is 17.8. The molecule has 2 amide bonds. The van der Waals surface area contributed by atoms with Crippen molar-refractivity contribution in [3.63, 3.8) is 0 Å². The maximum Gasteiger partial charge on any atom is 0.268 e. The average Bonchev–Trinajstić information content (AvgIpc) is 3.34. The fraction of sp³-hybridized carbons (Fsp3) is 0.250. The maximum absolute atomic E-state index is 13.7. The Morgan fingerprint density at radius 1 is 1.33 bits per heavy atom. The van der Waals surface area contributed by atoms with E-state index >= 15 is 0 Å². The van der Waals surface area contributed by atoms with Gasteiger partial charge in [0.25, 0.3) is 5.91 Å². The van der Waals surface area contributed by atoms with Crippen molar-refractivity contribution in [2.75, 3.05) is 6.54 Å². The van der Waals surface area contributed by atoms with Crippen LogP contribution < -0.4 is 10.6 Å². The van der Waals surface area contributed by atoms with Crippen LogP contribution in [0.15, 0.2) is 30.3 Å². The van der Waals surface area contributed by atoms with E-state index in [9.17, 15) is 19.1 Å². The van der Waals surface area contributed by atoms with E-state index in [0.717, 1.165) is 0 Å². The summed E-state index contributed by atoms with van der Waals surface area (Å²) >= 11 is 6.98. The Morgan fingerprint density at radius 2 is 2.10 bits per heavy atom. The van der Waals surface area contributed by atoms with E-state index in [4.69, 9.17) is 11.6 Å². The van der Waals surface area contributed by atoms with Crippen molar-refractivity contribution in [2.45, 2.75) is 26.5 Å². The summed E-state index contributed by atoms with van der Waals surface area (Å²) in [6, 6.07) is 7.04. The molecule has 2 aromatic heterocycles. The molecule has 30 heavy (non-hydrogen) atoms. The lowest BCUT2D eigenvalue weighted by atomic mass is 10.1. The van der Waals surface area contributed by atoms with Gasteiger partial charge in [0.05, 0.1) is 28.2 Å². The van der Waals surface area contributed by atoms with Gasteiger partial charge in [0.15, 0.2) is 0 Å². The molecule has 0 fully saturated rings. The number of aromatic nitrogens is 2. The van der Waals surface area contributed by atoms with Crippen LogP contribution in [0.3, 0.4) is 0 Å². The van der Waals surface area contributed by atoms with E-state index < -0.39 is 17.8 Å². The third kappa shape index (κ3) is 5.05. The zero-order valence-electron chi connectivity index (χ0n) is 16.3. The van der Waals surface area contributed by atoms with E-state index in [1.54, 1.807) is 25.1 Å². The van der Waals surface area contributed by atoms with Gasteiger partial charge in [0, 0.05) is 24.7 Å². The van der Waals surface area contributed by atoms with E-state index in [1.165, 1.54) is 30.4 Å². The number of rotatable bonds is 7. The van der Waals surface area contributed by atoms with Crippen molar-refractivity contribution in [1.29, 1.82) is 0 Å². The fourth-order valence-electron chi connectivity index (χ4n) is 2.79. The van der Waals surface area contributed by atoms with Crippen molar-refractivity contribution in [1.82, 2.24) is 20.6 Å². The summed E-state index contributed by atoms with van der Waals surface area (Å²) in [6.07, 6.45) is 0. The Balaban J connectivity index is 1.80. The Morgan fingerprint density at radius 3 is 2.73 bits per heavy atom. The lowest BCUT2D eigenvalue weighted by molar-refractivity contribution is -0.119. The topological polar surface area (TPSA) is 107 Å². The highest BCUT2D eigenvalue weighted by atomic mass is 35.5. The van der Waals surface area contributed by atoms with Crippen molar-refractivity contribution >= 4 is 34.8 Å². The van der Waals surface area contributed by atoms with E-state index in [1.807, 2.05) is 0 Å². The number of H-pyrrole nitrogens is 1. The number of carbonyl (C=O) groups is 2. The summed E-state index contributed by atoms with van der Waals surface area (Å²) < 4.78 is 13.7. The van der Waals surface area contributed by atoms with Crippen molar-refractivity contribution in [2.24, 2.45) is 0 Å². The SMILES string of the molecule is CC(=O)NCC(NC(=O)c1ccc(-c2ccc(Cl)c(F)c2)[nH]1)c1nc(C)c(CO)s1. The van der Waals surface area contributed by atoms with Crippen molar-refractivity contribution < 1.29 is 19.1 Å². The number of thiazole rings is 1. The highest BCUT2D eigenvalue weighted by molar-refractivity contribution is 7.11. The van der Waals surface area contributed by atoms with Gasteiger partial charge in [-0.15, -0.1) is 11.3 Å². The molecule has 1 unspecified atom stereocenters. The molecule has 1 aromatic carbocycles. The molecule has 0 aliphatic carbocycles. The molecule has 158 valence electrons. The number of carbonyl (C=O) groups excluding carboxylic acids is 2. The smallest absolute Gasteiger partial charge is 0.268 e. The number of halogens is 2. The molecule has 1 atom stereocenters. The second-order valence-electron chi connectivity index (χ2n) is 6.60. The Hall–Kier alpha value is -2.75. The first kappa shape index (κ1) is 21.9. The molecular weight excluding hydrogens is 431 g/mol. The number of hydrogen-bond donors (Lipinski definition) is 4. The number of amides is 2. The van der Waals surface area contributed by atoms with Gasteiger partial charge in [-0.1, -0.05) is 17.7 Å². The van der Waals surface area contributed by atoms with Gasteiger partial charge in [-0.25, -0.2) is 9.37 Å². The molecule has 0 saturated heterocycles. The Kier molecular flexibility index (Phi) is 6.86. The standard InChI is InChI=1S/C20H20ClFN4O3S/c1-10-18(9-27)30-20(24-10)17(8-23-11(2)28)26-19(29)16-6-5-15(25-16)12-3-4-13(21)14(22)7-12/h3-7,17,25,27H,8-9H2,1-2H3,(H,23,28)(H,26,29). The third-order valence-corrected chi connectivity index (χ3v) is 5.93. The molecule has 7 nitrogen and oxygen atoms in total. The minimum atomic E-state index is -0.579. The van der Waals surface area contributed by atoms with E-state index in [0.29, 0.717) is 26.8 Å². The minimum Gasteiger partial charge on any atom is -0.391 e. The lowest BCUT2D eigenvalue weighted by Crippen LogP contribution is -2.37. The second kappa shape index (κ2) is 9.38. The Labute approximate surface area is 181 Å². The summed E-state index contributed by atoms with van der Waals surface area (Å²) in [6.45, 7) is 3.15. The monoisotopic (exact) mass is 450 g/mol. The van der Waals surface area contributed by atoms with Crippen LogP contribution in [0.2, 0.25) is 5.02 Å². The number of aromatic amines is 1. The molecule has 0 radical (unpaired) electrons. The number of nitrogens with one attached hydrogen (secondary N) is 3. The predicted octanol–water partition coefficient (Wildman–Crippen LogP) is 3.34. The van der Waals surface area contributed by atoms with Gasteiger partial charge in [-0.2, -0.15) is 0 Å². The number of aryl methyl sites for hydroxylation is 1. The normalized spacial score (nSPS) is 11.9. The molecule has 4 N–H and O–H groups in total. The summed E-state index contributed by atoms with van der Waals surface area (Å²) in [4.78, 5) is 32.2. The summed E-state index contributed by atoms with van der Waals surface area (Å²) in [5.74, 6) is -1.20. The molecule has 2 heterocycles. The minimum absolute atomic E-state index is 0.0186. The second-order valence-corrected chi connectivity index (χ2v) is 8.12. The van der Waals surface area contributed by atoms with Crippen LogP contribution in [0, 0.1) is 12.7 Å². The maximum atomic E-state index is 13.7. The van der Waals surface area contributed by atoms with Gasteiger partial charge in [0.1, 0.15) is 16.5 Å². The first-order valence-electron chi connectivity index (χ1n) is 9.05. The summed E-state index contributed by atoms with van der Waals surface area (Å²) in [5, 5.41) is 15.5. The van der Waals surface area contributed by atoms with Crippen molar-refractivity contribution in [3.05, 3.63) is 62.4 Å². The molecule has 0 bridgehead atoms. The van der Waals surface area contributed by atoms with Gasteiger partial charge >= 0.3 is 0 Å². The highest BCUT2D eigenvalue weighted by Crippen LogP contribution is 2.26. The van der Waals surface area contributed by atoms with Crippen LogP contribution in [-0.4, -0.2) is 33.4 Å². The average molecular weight is 451 g/mol. The van der Waals surface area contributed by atoms with E-state index in [2.05, 4.69) is 20.6 Å². The molecule has 0 spiro atoms.